The van der Waals surface area contributed by atoms with Gasteiger partial charge in [-0.2, -0.15) is 0 Å². The molecule has 0 amide bonds. The van der Waals surface area contributed by atoms with Crippen molar-refractivity contribution in [1.82, 2.24) is 0 Å². The van der Waals surface area contributed by atoms with Gasteiger partial charge >= 0.3 is 0 Å². The fourth-order valence-corrected chi connectivity index (χ4v) is 1.05. The molecule has 0 aliphatic heterocycles. The predicted molar refractivity (Wildman–Crippen MR) is 43.8 cm³/mol. The van der Waals surface area contributed by atoms with Gasteiger partial charge in [-0.15, -0.1) is 0 Å². The lowest BCUT2D eigenvalue weighted by atomic mass is 10.1. The topological polar surface area (TPSA) is 0 Å². The van der Waals surface area contributed by atoms with Crippen molar-refractivity contribution in [1.29, 1.82) is 0 Å². The summed E-state index contributed by atoms with van der Waals surface area (Å²) in [6.45, 7) is 1.79. The number of hydrogen-bond acceptors (Lipinski definition) is 0. The summed E-state index contributed by atoms with van der Waals surface area (Å²) in [7, 11) is 0. The normalized spacial score (nSPS) is 10.6. The molecule has 1 aromatic rings. The van der Waals surface area contributed by atoms with E-state index in [1.165, 1.54) is 12.1 Å². The van der Waals surface area contributed by atoms with Crippen molar-refractivity contribution in [3.05, 3.63) is 33.8 Å². The van der Waals surface area contributed by atoms with Crippen LogP contribution in [0.25, 0.3) is 0 Å². The third-order valence-electron chi connectivity index (χ3n) is 1.43. The highest BCUT2D eigenvalue weighted by molar-refractivity contribution is 9.10. The van der Waals surface area contributed by atoms with Crippen molar-refractivity contribution in [2.75, 3.05) is 0 Å². The maximum atomic E-state index is 12.1. The largest absolute Gasteiger partial charge is 0.263 e. The van der Waals surface area contributed by atoms with E-state index in [2.05, 4.69) is 15.9 Å². The van der Waals surface area contributed by atoms with Gasteiger partial charge in [0.15, 0.2) is 0 Å². The van der Waals surface area contributed by atoms with Gasteiger partial charge < -0.3 is 0 Å². The molecule has 0 bridgehead atoms. The van der Waals surface area contributed by atoms with Crippen molar-refractivity contribution in [2.45, 2.75) is 13.3 Å². The highest BCUT2D eigenvalue weighted by Gasteiger charge is 2.06. The van der Waals surface area contributed by atoms with E-state index in [0.29, 0.717) is 0 Å². The molecule has 0 atom stereocenters. The quantitative estimate of drug-likeness (QED) is 0.678. The third kappa shape index (κ3) is 1.99. The zero-order valence-corrected chi connectivity index (χ0v) is 7.53. The number of aryl methyl sites for hydroxylation is 1. The second-order valence-corrected chi connectivity index (χ2v) is 3.16. The van der Waals surface area contributed by atoms with Crippen molar-refractivity contribution in [3.8, 4) is 0 Å². The monoisotopic (exact) mass is 220 g/mol. The Morgan fingerprint density at radius 2 is 2.00 bits per heavy atom. The smallest absolute Gasteiger partial charge is 0.205 e. The molecule has 0 nitrogen and oxygen atoms in total. The number of alkyl halides is 2. The maximum Gasteiger partial charge on any atom is 0.263 e. The molecule has 0 aliphatic rings. The molecule has 60 valence electrons. The molecular formula is C8H7BrF2. The Hall–Kier alpha value is -0.440. The summed E-state index contributed by atoms with van der Waals surface area (Å²) < 4.78 is 25.0. The molecule has 0 unspecified atom stereocenters. The van der Waals surface area contributed by atoms with Gasteiger partial charge in [-0.25, -0.2) is 8.78 Å². The minimum Gasteiger partial charge on any atom is -0.205 e. The maximum absolute atomic E-state index is 12.1. The standard InChI is InChI=1S/C8H7BrF2/c1-5-4-6(8(10)11)2-3-7(5)9/h2-4,8H,1H3. The van der Waals surface area contributed by atoms with Crippen molar-refractivity contribution in [2.24, 2.45) is 0 Å². The average molecular weight is 221 g/mol. The van der Waals surface area contributed by atoms with Gasteiger partial charge in [-0.05, 0) is 24.6 Å². The van der Waals surface area contributed by atoms with Crippen LogP contribution in [-0.4, -0.2) is 0 Å². The van der Waals surface area contributed by atoms with Crippen molar-refractivity contribution < 1.29 is 8.78 Å². The van der Waals surface area contributed by atoms with Crippen LogP contribution >= 0.6 is 15.9 Å². The first-order valence-electron chi connectivity index (χ1n) is 3.15. The van der Waals surface area contributed by atoms with Gasteiger partial charge in [0.25, 0.3) is 6.43 Å². The third-order valence-corrected chi connectivity index (χ3v) is 2.32. The van der Waals surface area contributed by atoms with E-state index in [-0.39, 0.29) is 5.56 Å². The van der Waals surface area contributed by atoms with Crippen LogP contribution in [0, 0.1) is 6.92 Å². The first-order valence-corrected chi connectivity index (χ1v) is 3.95. The Bertz CT molecular complexity index is 258. The molecule has 11 heavy (non-hydrogen) atoms. The highest BCUT2D eigenvalue weighted by Crippen LogP contribution is 2.23. The Morgan fingerprint density at radius 1 is 1.36 bits per heavy atom. The lowest BCUT2D eigenvalue weighted by molar-refractivity contribution is 0.151. The molecular weight excluding hydrogens is 214 g/mol. The molecule has 1 aromatic carbocycles. The summed E-state index contributed by atoms with van der Waals surface area (Å²) in [6.07, 6.45) is -2.37. The van der Waals surface area contributed by atoms with Gasteiger partial charge in [0.2, 0.25) is 0 Å². The summed E-state index contributed by atoms with van der Waals surface area (Å²) in [6, 6.07) is 4.54. The van der Waals surface area contributed by atoms with E-state index in [1.807, 2.05) is 0 Å². The number of halogens is 3. The average Bonchev–Trinajstić information content (AvgIpc) is 1.94. The van der Waals surface area contributed by atoms with E-state index >= 15 is 0 Å². The lowest BCUT2D eigenvalue weighted by Gasteiger charge is -2.01. The van der Waals surface area contributed by atoms with Crippen LogP contribution < -0.4 is 0 Å². The summed E-state index contributed by atoms with van der Waals surface area (Å²) in [4.78, 5) is 0. The fraction of sp³-hybridized carbons (Fsp3) is 0.250. The van der Waals surface area contributed by atoms with Gasteiger partial charge in [0, 0.05) is 10.0 Å². The Kier molecular flexibility index (Phi) is 2.60. The first-order chi connectivity index (χ1) is 5.11. The summed E-state index contributed by atoms with van der Waals surface area (Å²) >= 11 is 3.23. The minimum absolute atomic E-state index is 0.0747. The molecule has 1 rings (SSSR count). The van der Waals surface area contributed by atoms with E-state index in [9.17, 15) is 8.78 Å². The zero-order chi connectivity index (χ0) is 8.43. The second kappa shape index (κ2) is 3.30. The van der Waals surface area contributed by atoms with Crippen LogP contribution in [-0.2, 0) is 0 Å². The predicted octanol–water partition coefficient (Wildman–Crippen LogP) is 3.70. The van der Waals surface area contributed by atoms with Crippen LogP contribution in [0.3, 0.4) is 0 Å². The first kappa shape index (κ1) is 8.65. The van der Waals surface area contributed by atoms with Gasteiger partial charge in [-0.3, -0.25) is 0 Å². The minimum atomic E-state index is -2.37. The molecule has 0 aromatic heterocycles. The molecule has 3 heteroatoms. The van der Waals surface area contributed by atoms with Gasteiger partial charge in [0.05, 0.1) is 0 Å². The summed E-state index contributed by atoms with van der Waals surface area (Å²) in [5.41, 5.74) is 0.911. The molecule has 0 saturated carbocycles. The van der Waals surface area contributed by atoms with Crippen LogP contribution in [0.4, 0.5) is 8.78 Å². The lowest BCUT2D eigenvalue weighted by Crippen LogP contribution is -1.85. The van der Waals surface area contributed by atoms with Crippen LogP contribution in [0.15, 0.2) is 22.7 Å². The highest BCUT2D eigenvalue weighted by atomic mass is 79.9. The summed E-state index contributed by atoms with van der Waals surface area (Å²) in [5, 5.41) is 0. The van der Waals surface area contributed by atoms with Crippen LogP contribution in [0.2, 0.25) is 0 Å². The molecule has 0 N–H and O–H groups in total. The second-order valence-electron chi connectivity index (χ2n) is 2.31. The number of rotatable bonds is 1. The Labute approximate surface area is 72.4 Å². The van der Waals surface area contributed by atoms with E-state index in [4.69, 9.17) is 0 Å². The molecule has 0 spiro atoms. The van der Waals surface area contributed by atoms with E-state index in [1.54, 1.807) is 13.0 Å². The number of hydrogen-bond donors (Lipinski definition) is 0. The van der Waals surface area contributed by atoms with Crippen molar-refractivity contribution in [3.63, 3.8) is 0 Å². The van der Waals surface area contributed by atoms with Crippen LogP contribution in [0.5, 0.6) is 0 Å². The molecule has 0 heterocycles. The van der Waals surface area contributed by atoms with Crippen molar-refractivity contribution >= 4 is 15.9 Å². The zero-order valence-electron chi connectivity index (χ0n) is 5.94. The SMILES string of the molecule is Cc1cc(C(F)F)ccc1Br. The van der Waals surface area contributed by atoms with Gasteiger partial charge in [-0.1, -0.05) is 22.0 Å². The van der Waals surface area contributed by atoms with E-state index < -0.39 is 6.43 Å². The molecule has 0 aliphatic carbocycles. The Morgan fingerprint density at radius 3 is 2.45 bits per heavy atom. The molecule has 0 fully saturated rings. The Balaban J connectivity index is 3.05. The number of benzene rings is 1. The molecule has 0 radical (unpaired) electrons. The fourth-order valence-electron chi connectivity index (χ4n) is 0.804. The summed E-state index contributed by atoms with van der Waals surface area (Å²) in [5.74, 6) is 0. The van der Waals surface area contributed by atoms with Crippen LogP contribution in [0.1, 0.15) is 17.6 Å². The van der Waals surface area contributed by atoms with E-state index in [0.717, 1.165) is 10.0 Å². The van der Waals surface area contributed by atoms with Gasteiger partial charge in [0.1, 0.15) is 0 Å². The molecule has 0 saturated heterocycles.